The number of ether oxygens (including phenoxy) is 1. The molecule has 3 nitrogen and oxygen atoms in total. The van der Waals surface area contributed by atoms with Gasteiger partial charge in [-0.3, -0.25) is 0 Å². The molecule has 3 heteroatoms. The van der Waals surface area contributed by atoms with E-state index in [4.69, 9.17) is 5.11 Å². The van der Waals surface area contributed by atoms with Gasteiger partial charge in [0.1, 0.15) is 0 Å². The SMILES string of the molecule is C=C(C(=O)OC)C(O)CC.CC=CC. The molecule has 0 aromatic heterocycles. The maximum atomic E-state index is 10.6. The van der Waals surface area contributed by atoms with Crippen molar-refractivity contribution in [3.8, 4) is 0 Å². The molecule has 0 heterocycles. The molecule has 14 heavy (non-hydrogen) atoms. The highest BCUT2D eigenvalue weighted by Gasteiger charge is 2.13. The fourth-order valence-electron chi connectivity index (χ4n) is 0.514. The van der Waals surface area contributed by atoms with Crippen LogP contribution in [0.4, 0.5) is 0 Å². The van der Waals surface area contributed by atoms with Gasteiger partial charge in [-0.2, -0.15) is 0 Å². The predicted octanol–water partition coefficient (Wildman–Crippen LogP) is 2.07. The van der Waals surface area contributed by atoms with E-state index in [1.54, 1.807) is 6.92 Å². The van der Waals surface area contributed by atoms with Gasteiger partial charge < -0.3 is 9.84 Å². The maximum absolute atomic E-state index is 10.6. The molecule has 0 saturated carbocycles. The van der Waals surface area contributed by atoms with Crippen LogP contribution >= 0.6 is 0 Å². The van der Waals surface area contributed by atoms with Crippen molar-refractivity contribution >= 4 is 5.97 Å². The molecule has 0 aliphatic rings. The van der Waals surface area contributed by atoms with E-state index in [-0.39, 0.29) is 5.57 Å². The van der Waals surface area contributed by atoms with Gasteiger partial charge >= 0.3 is 5.97 Å². The topological polar surface area (TPSA) is 46.5 Å². The number of methoxy groups -OCH3 is 1. The van der Waals surface area contributed by atoms with Crippen molar-refractivity contribution < 1.29 is 14.6 Å². The van der Waals surface area contributed by atoms with Crippen molar-refractivity contribution in [2.24, 2.45) is 0 Å². The molecule has 0 spiro atoms. The number of aliphatic hydroxyl groups excluding tert-OH is 1. The van der Waals surface area contributed by atoms with E-state index >= 15 is 0 Å². The van der Waals surface area contributed by atoms with Crippen molar-refractivity contribution in [2.45, 2.75) is 33.3 Å². The molecule has 0 aromatic rings. The molecule has 0 aliphatic heterocycles. The summed E-state index contributed by atoms with van der Waals surface area (Å²) in [4.78, 5) is 10.6. The summed E-state index contributed by atoms with van der Waals surface area (Å²) in [6, 6.07) is 0. The summed E-state index contributed by atoms with van der Waals surface area (Å²) in [5.74, 6) is -0.547. The Balaban J connectivity index is 0. The van der Waals surface area contributed by atoms with Gasteiger partial charge in [0.25, 0.3) is 0 Å². The zero-order valence-electron chi connectivity index (χ0n) is 9.41. The van der Waals surface area contributed by atoms with Crippen LogP contribution in [0.5, 0.6) is 0 Å². The molecular weight excluding hydrogens is 180 g/mol. The van der Waals surface area contributed by atoms with Crippen molar-refractivity contribution in [3.63, 3.8) is 0 Å². The van der Waals surface area contributed by atoms with Crippen LogP contribution in [0.3, 0.4) is 0 Å². The quantitative estimate of drug-likeness (QED) is 0.431. The minimum absolute atomic E-state index is 0.116. The van der Waals surface area contributed by atoms with Gasteiger partial charge in [-0.1, -0.05) is 25.7 Å². The first-order valence-corrected chi connectivity index (χ1v) is 4.57. The van der Waals surface area contributed by atoms with E-state index < -0.39 is 12.1 Å². The zero-order chi connectivity index (χ0) is 11.6. The fraction of sp³-hybridized carbons (Fsp3) is 0.545. The number of carbonyl (C=O) groups is 1. The first-order chi connectivity index (χ1) is 6.54. The molecule has 1 N–H and O–H groups in total. The lowest BCUT2D eigenvalue weighted by molar-refractivity contribution is -0.137. The van der Waals surface area contributed by atoms with Gasteiger partial charge in [0, 0.05) is 0 Å². The van der Waals surface area contributed by atoms with Crippen LogP contribution in [-0.2, 0) is 9.53 Å². The van der Waals surface area contributed by atoms with Crippen molar-refractivity contribution in [1.82, 2.24) is 0 Å². The number of hydrogen-bond donors (Lipinski definition) is 1. The lowest BCUT2D eigenvalue weighted by atomic mass is 10.1. The Morgan fingerprint density at radius 2 is 1.93 bits per heavy atom. The third-order valence-electron chi connectivity index (χ3n) is 1.57. The molecule has 0 saturated heterocycles. The summed E-state index contributed by atoms with van der Waals surface area (Å²) < 4.78 is 4.34. The third-order valence-corrected chi connectivity index (χ3v) is 1.57. The van der Waals surface area contributed by atoms with Gasteiger partial charge in [-0.25, -0.2) is 4.79 Å². The lowest BCUT2D eigenvalue weighted by Gasteiger charge is -2.07. The largest absolute Gasteiger partial charge is 0.466 e. The van der Waals surface area contributed by atoms with E-state index in [1.807, 2.05) is 26.0 Å². The Labute approximate surface area is 86.1 Å². The molecule has 1 unspecified atom stereocenters. The van der Waals surface area contributed by atoms with Crippen LogP contribution in [-0.4, -0.2) is 24.3 Å². The first-order valence-electron chi connectivity index (χ1n) is 4.57. The van der Waals surface area contributed by atoms with Gasteiger partial charge in [-0.05, 0) is 20.3 Å². The number of rotatable bonds is 3. The van der Waals surface area contributed by atoms with E-state index in [0.717, 1.165) is 0 Å². The molecule has 0 rings (SSSR count). The Bertz CT molecular complexity index is 191. The molecule has 1 atom stereocenters. The summed E-state index contributed by atoms with van der Waals surface area (Å²) in [5.41, 5.74) is 0.116. The molecule has 82 valence electrons. The molecule has 0 aliphatic carbocycles. The normalized spacial score (nSPS) is 11.5. The van der Waals surface area contributed by atoms with Crippen LogP contribution in [0.2, 0.25) is 0 Å². The standard InChI is InChI=1S/C7H12O3.C4H8/c1-4-6(8)5(2)7(9)10-3;1-3-4-2/h6,8H,2,4H2,1,3H3;3-4H,1-2H3. The van der Waals surface area contributed by atoms with E-state index in [9.17, 15) is 4.79 Å². The second-order valence-electron chi connectivity index (χ2n) is 2.61. The van der Waals surface area contributed by atoms with Gasteiger partial charge in [0.05, 0.1) is 18.8 Å². The van der Waals surface area contributed by atoms with Crippen LogP contribution < -0.4 is 0 Å². The Morgan fingerprint density at radius 1 is 1.50 bits per heavy atom. The minimum atomic E-state index is -0.771. The van der Waals surface area contributed by atoms with Crippen LogP contribution in [0, 0.1) is 0 Å². The van der Waals surface area contributed by atoms with E-state index in [1.165, 1.54) is 7.11 Å². The van der Waals surface area contributed by atoms with Gasteiger partial charge in [0.2, 0.25) is 0 Å². The molecule has 0 bridgehead atoms. The van der Waals surface area contributed by atoms with Crippen LogP contribution in [0.1, 0.15) is 27.2 Å². The van der Waals surface area contributed by atoms with Gasteiger partial charge in [-0.15, -0.1) is 0 Å². The minimum Gasteiger partial charge on any atom is -0.466 e. The molecule has 0 radical (unpaired) electrons. The summed E-state index contributed by atoms with van der Waals surface area (Å²) in [7, 11) is 1.26. The summed E-state index contributed by atoms with van der Waals surface area (Å²) >= 11 is 0. The highest BCUT2D eigenvalue weighted by atomic mass is 16.5. The number of carbonyl (C=O) groups excluding carboxylic acids is 1. The second-order valence-corrected chi connectivity index (χ2v) is 2.61. The molecule has 0 aromatic carbocycles. The zero-order valence-corrected chi connectivity index (χ0v) is 9.41. The van der Waals surface area contributed by atoms with Gasteiger partial charge in [0.15, 0.2) is 0 Å². The second kappa shape index (κ2) is 9.99. The fourth-order valence-corrected chi connectivity index (χ4v) is 0.514. The first kappa shape index (κ1) is 15.4. The molecule has 0 fully saturated rings. The molecule has 0 amide bonds. The summed E-state index contributed by atoms with van der Waals surface area (Å²) in [5, 5.41) is 9.03. The van der Waals surface area contributed by atoms with E-state index in [0.29, 0.717) is 6.42 Å². The Morgan fingerprint density at radius 3 is 2.14 bits per heavy atom. The number of aliphatic hydroxyl groups is 1. The Hall–Kier alpha value is -1.09. The van der Waals surface area contributed by atoms with E-state index in [2.05, 4.69) is 11.3 Å². The van der Waals surface area contributed by atoms with Crippen molar-refractivity contribution in [1.29, 1.82) is 0 Å². The highest BCUT2D eigenvalue weighted by Crippen LogP contribution is 2.04. The number of allylic oxidation sites excluding steroid dienone is 2. The van der Waals surface area contributed by atoms with Crippen molar-refractivity contribution in [2.75, 3.05) is 7.11 Å². The highest BCUT2D eigenvalue weighted by molar-refractivity contribution is 5.88. The van der Waals surface area contributed by atoms with Crippen molar-refractivity contribution in [3.05, 3.63) is 24.3 Å². The van der Waals surface area contributed by atoms with Crippen LogP contribution in [0.25, 0.3) is 0 Å². The predicted molar refractivity (Wildman–Crippen MR) is 57.9 cm³/mol. The average molecular weight is 200 g/mol. The number of esters is 1. The van der Waals surface area contributed by atoms with Crippen LogP contribution in [0.15, 0.2) is 24.3 Å². The number of hydrogen-bond acceptors (Lipinski definition) is 3. The molecular formula is C11H20O3. The summed E-state index contributed by atoms with van der Waals surface area (Å²) in [6.07, 6.45) is 3.71. The monoisotopic (exact) mass is 200 g/mol. The smallest absolute Gasteiger partial charge is 0.335 e. The third kappa shape index (κ3) is 7.55. The maximum Gasteiger partial charge on any atom is 0.335 e. The average Bonchev–Trinajstić information content (AvgIpc) is 2.26. The Kier molecular flexibility index (Phi) is 11.0. The lowest BCUT2D eigenvalue weighted by Crippen LogP contribution is -2.17. The summed E-state index contributed by atoms with van der Waals surface area (Å²) in [6.45, 7) is 9.13.